The van der Waals surface area contributed by atoms with E-state index in [9.17, 15) is 15.0 Å². The molecule has 0 aliphatic heterocycles. The van der Waals surface area contributed by atoms with Gasteiger partial charge in [-0.3, -0.25) is 0 Å². The Bertz CT molecular complexity index is 1020. The number of carbonyl (C=O) groups is 1. The van der Waals surface area contributed by atoms with E-state index >= 15 is 0 Å². The summed E-state index contributed by atoms with van der Waals surface area (Å²) in [4.78, 5) is 13.1. The molecule has 168 valence electrons. The maximum atomic E-state index is 12.3. The Morgan fingerprint density at radius 3 is 2.38 bits per heavy atom. The number of alkyl carbamates (subject to hydrolysis) is 1. The maximum absolute atomic E-state index is 12.3. The fraction of sp³-hybridized carbons (Fsp3) is 0.346. The smallest absolute Gasteiger partial charge is 0.407 e. The van der Waals surface area contributed by atoms with E-state index in [1.165, 1.54) is 22.5 Å². The molecule has 6 heteroatoms. The van der Waals surface area contributed by atoms with Crippen molar-refractivity contribution < 1.29 is 19.7 Å². The van der Waals surface area contributed by atoms with Crippen LogP contribution in [0.15, 0.2) is 60.0 Å². The number of benzene rings is 2. The minimum atomic E-state index is -1.10. The number of amides is 1. The molecule has 3 N–H and O–H groups in total. The van der Waals surface area contributed by atoms with Gasteiger partial charge in [0.1, 0.15) is 18.8 Å². The molecule has 1 heterocycles. The third-order valence-electron chi connectivity index (χ3n) is 6.01. The van der Waals surface area contributed by atoms with Crippen LogP contribution >= 0.6 is 11.3 Å². The first-order valence-corrected chi connectivity index (χ1v) is 12.0. The molecular weight excluding hydrogens is 422 g/mol. The van der Waals surface area contributed by atoms with Gasteiger partial charge in [0, 0.05) is 17.3 Å². The number of aryl methyl sites for hydroxylation is 1. The van der Waals surface area contributed by atoms with E-state index < -0.39 is 18.3 Å². The summed E-state index contributed by atoms with van der Waals surface area (Å²) in [5, 5.41) is 25.5. The highest BCUT2D eigenvalue weighted by atomic mass is 32.1. The van der Waals surface area contributed by atoms with Crippen LogP contribution in [0, 0.1) is 0 Å². The lowest BCUT2D eigenvalue weighted by atomic mass is 9.98. The van der Waals surface area contributed by atoms with E-state index in [4.69, 9.17) is 4.74 Å². The number of ether oxygens (including phenoxy) is 1. The number of thiophene rings is 1. The highest BCUT2D eigenvalue weighted by Gasteiger charge is 2.29. The van der Waals surface area contributed by atoms with Crippen molar-refractivity contribution in [3.8, 4) is 11.1 Å². The zero-order chi connectivity index (χ0) is 22.5. The second-order valence-electron chi connectivity index (χ2n) is 8.13. The number of fused-ring (bicyclic) bond motifs is 3. The predicted octanol–water partition coefficient (Wildman–Crippen LogP) is 5.02. The number of rotatable bonds is 9. The first-order chi connectivity index (χ1) is 15.6. The van der Waals surface area contributed by atoms with Gasteiger partial charge in [0.15, 0.2) is 0 Å². The van der Waals surface area contributed by atoms with Crippen molar-refractivity contribution in [2.45, 2.75) is 44.3 Å². The van der Waals surface area contributed by atoms with Crippen LogP contribution in [0.2, 0.25) is 0 Å². The summed E-state index contributed by atoms with van der Waals surface area (Å²) in [5.41, 5.74) is 5.70. The summed E-state index contributed by atoms with van der Waals surface area (Å²) in [7, 11) is 0. The molecule has 0 saturated heterocycles. The Hall–Kier alpha value is -2.67. The van der Waals surface area contributed by atoms with E-state index in [1.54, 1.807) is 0 Å². The zero-order valence-electron chi connectivity index (χ0n) is 18.2. The number of aliphatic hydroxyl groups excluding tert-OH is 2. The van der Waals surface area contributed by atoms with Gasteiger partial charge in [0.2, 0.25) is 0 Å². The molecule has 2 unspecified atom stereocenters. The van der Waals surface area contributed by atoms with Crippen molar-refractivity contribution in [1.29, 1.82) is 0 Å². The molecule has 0 spiro atoms. The van der Waals surface area contributed by atoms with Crippen LogP contribution in [0.3, 0.4) is 0 Å². The Morgan fingerprint density at radius 1 is 1.06 bits per heavy atom. The largest absolute Gasteiger partial charge is 0.449 e. The summed E-state index contributed by atoms with van der Waals surface area (Å²) in [6.45, 7) is 2.25. The number of unbranched alkanes of at least 4 members (excludes halogenated alkanes) is 1. The van der Waals surface area contributed by atoms with Gasteiger partial charge >= 0.3 is 6.09 Å². The van der Waals surface area contributed by atoms with Gasteiger partial charge < -0.3 is 20.3 Å². The quantitative estimate of drug-likeness (QED) is 0.427. The lowest BCUT2D eigenvalue weighted by molar-refractivity contribution is 0.0202. The van der Waals surface area contributed by atoms with Crippen molar-refractivity contribution in [1.82, 2.24) is 5.32 Å². The molecule has 0 fully saturated rings. The molecule has 1 aromatic heterocycles. The molecule has 0 radical (unpaired) electrons. The van der Waals surface area contributed by atoms with Crippen LogP contribution in [0.1, 0.15) is 53.4 Å². The normalized spacial score (nSPS) is 14.5. The lowest BCUT2D eigenvalue weighted by Crippen LogP contribution is -2.36. The van der Waals surface area contributed by atoms with E-state index in [-0.39, 0.29) is 19.1 Å². The third kappa shape index (κ3) is 4.72. The van der Waals surface area contributed by atoms with Crippen LogP contribution < -0.4 is 5.32 Å². The molecule has 3 aromatic rings. The van der Waals surface area contributed by atoms with Gasteiger partial charge in [-0.25, -0.2) is 4.79 Å². The van der Waals surface area contributed by atoms with Crippen LogP contribution in [0.5, 0.6) is 0 Å². The number of carbonyl (C=O) groups excluding carboxylic acids is 1. The summed E-state index contributed by atoms with van der Waals surface area (Å²) in [6, 6.07) is 18.3. The molecule has 0 bridgehead atoms. The molecule has 4 rings (SSSR count). The monoisotopic (exact) mass is 451 g/mol. The van der Waals surface area contributed by atoms with Crippen molar-refractivity contribution >= 4 is 17.4 Å². The van der Waals surface area contributed by atoms with Gasteiger partial charge in [-0.1, -0.05) is 61.9 Å². The molecule has 0 saturated carbocycles. The highest BCUT2D eigenvalue weighted by molar-refractivity contribution is 7.10. The fourth-order valence-corrected chi connectivity index (χ4v) is 5.30. The van der Waals surface area contributed by atoms with Crippen LogP contribution in [-0.4, -0.2) is 35.6 Å². The van der Waals surface area contributed by atoms with Crippen molar-refractivity contribution in [3.63, 3.8) is 0 Å². The first kappa shape index (κ1) is 22.5. The number of hydrogen-bond acceptors (Lipinski definition) is 5. The molecule has 1 amide bonds. The summed E-state index contributed by atoms with van der Waals surface area (Å²) in [5.74, 6) is -0.0177. The third-order valence-corrected chi connectivity index (χ3v) is 7.04. The summed E-state index contributed by atoms with van der Waals surface area (Å²) in [6.07, 6.45) is 0.238. The molecule has 2 aromatic carbocycles. The van der Waals surface area contributed by atoms with Gasteiger partial charge in [-0.15, -0.1) is 11.3 Å². The summed E-state index contributed by atoms with van der Waals surface area (Å²) < 4.78 is 5.50. The van der Waals surface area contributed by atoms with Gasteiger partial charge in [0.25, 0.3) is 0 Å². The topological polar surface area (TPSA) is 78.8 Å². The number of nitrogens with one attached hydrogen (secondary N) is 1. The Kier molecular flexibility index (Phi) is 7.25. The Morgan fingerprint density at radius 2 is 1.72 bits per heavy atom. The lowest BCUT2D eigenvalue weighted by Gasteiger charge is -2.19. The molecule has 1 aliphatic carbocycles. The van der Waals surface area contributed by atoms with E-state index in [0.29, 0.717) is 0 Å². The molecule has 1 aliphatic rings. The first-order valence-electron chi connectivity index (χ1n) is 11.1. The minimum absolute atomic E-state index is 0.0177. The van der Waals surface area contributed by atoms with Gasteiger partial charge in [-0.05, 0) is 52.1 Å². The average Bonchev–Trinajstić information content (AvgIpc) is 3.42. The SMILES string of the molecule is CCCCc1ccsc1C(O)C(O)CNC(=O)OCC1c2ccccc2-c2ccccc21. The minimum Gasteiger partial charge on any atom is -0.449 e. The van der Waals surface area contributed by atoms with Crippen molar-refractivity contribution in [2.24, 2.45) is 0 Å². The van der Waals surface area contributed by atoms with E-state index in [1.807, 2.05) is 35.7 Å². The predicted molar refractivity (Wildman–Crippen MR) is 127 cm³/mol. The number of hydrogen-bond donors (Lipinski definition) is 3. The Labute approximate surface area is 192 Å². The number of aliphatic hydroxyl groups is 2. The van der Waals surface area contributed by atoms with Gasteiger partial charge in [-0.2, -0.15) is 0 Å². The average molecular weight is 452 g/mol. The molecule has 32 heavy (non-hydrogen) atoms. The fourth-order valence-electron chi connectivity index (χ4n) is 4.30. The van der Waals surface area contributed by atoms with Crippen LogP contribution in [0.25, 0.3) is 11.1 Å². The van der Waals surface area contributed by atoms with E-state index in [2.05, 4.69) is 36.5 Å². The maximum Gasteiger partial charge on any atom is 0.407 e. The second kappa shape index (κ2) is 10.3. The zero-order valence-corrected chi connectivity index (χ0v) is 19.0. The van der Waals surface area contributed by atoms with Crippen molar-refractivity contribution in [2.75, 3.05) is 13.2 Å². The molecule has 2 atom stereocenters. The molecule has 5 nitrogen and oxygen atoms in total. The summed E-state index contributed by atoms with van der Waals surface area (Å²) >= 11 is 1.43. The standard InChI is InChI=1S/C26H29NO4S/c1-2-3-8-17-13-14-32-25(17)24(29)23(28)15-27-26(30)31-16-22-20-11-6-4-9-18(20)19-10-5-7-12-21(19)22/h4-7,9-14,22-24,28-29H,2-3,8,15-16H2,1H3,(H,27,30). The van der Waals surface area contributed by atoms with Crippen LogP contribution in [0.4, 0.5) is 4.79 Å². The Balaban J connectivity index is 1.32. The van der Waals surface area contributed by atoms with Crippen molar-refractivity contribution in [3.05, 3.63) is 81.5 Å². The molecular formula is C26H29NO4S. The van der Waals surface area contributed by atoms with E-state index in [0.717, 1.165) is 40.8 Å². The highest BCUT2D eigenvalue weighted by Crippen LogP contribution is 2.44. The van der Waals surface area contributed by atoms with Gasteiger partial charge in [0.05, 0.1) is 0 Å². The second-order valence-corrected chi connectivity index (χ2v) is 9.08. The van der Waals surface area contributed by atoms with Crippen LogP contribution in [-0.2, 0) is 11.2 Å².